The minimum Gasteiger partial charge on any atom is -0.493 e. The number of benzene rings is 2. The van der Waals surface area contributed by atoms with Gasteiger partial charge in [-0.1, -0.05) is 18.6 Å². The SMILES string of the molecule is CCOc1c(OC)ccc2cc(C(=O)Nc3ccc(C4CCCCN4)cc3)c(=O)oc12. The van der Waals surface area contributed by atoms with Gasteiger partial charge in [-0.15, -0.1) is 0 Å². The van der Waals surface area contributed by atoms with Crippen molar-refractivity contribution in [2.24, 2.45) is 0 Å². The van der Waals surface area contributed by atoms with Crippen LogP contribution in [0, 0.1) is 0 Å². The lowest BCUT2D eigenvalue weighted by Gasteiger charge is -2.24. The van der Waals surface area contributed by atoms with E-state index < -0.39 is 11.5 Å². The van der Waals surface area contributed by atoms with Crippen LogP contribution in [-0.4, -0.2) is 26.2 Å². The smallest absolute Gasteiger partial charge is 0.349 e. The Hall–Kier alpha value is -3.32. The van der Waals surface area contributed by atoms with Gasteiger partial charge in [-0.25, -0.2) is 4.79 Å². The van der Waals surface area contributed by atoms with Gasteiger partial charge in [0.2, 0.25) is 5.75 Å². The summed E-state index contributed by atoms with van der Waals surface area (Å²) in [6.45, 7) is 3.24. The van der Waals surface area contributed by atoms with Gasteiger partial charge in [-0.05, 0) is 62.2 Å². The predicted molar refractivity (Wildman–Crippen MR) is 119 cm³/mol. The first-order chi connectivity index (χ1) is 15.1. The van der Waals surface area contributed by atoms with Crippen molar-refractivity contribution in [3.8, 4) is 11.5 Å². The fourth-order valence-electron chi connectivity index (χ4n) is 3.87. The number of hydrogen-bond donors (Lipinski definition) is 2. The van der Waals surface area contributed by atoms with Crippen molar-refractivity contribution in [3.05, 3.63) is 64.0 Å². The van der Waals surface area contributed by atoms with Crippen molar-refractivity contribution in [2.45, 2.75) is 32.2 Å². The molecule has 0 spiro atoms. The van der Waals surface area contributed by atoms with Gasteiger partial charge >= 0.3 is 5.63 Å². The molecule has 1 aromatic heterocycles. The minimum atomic E-state index is -0.734. The van der Waals surface area contributed by atoms with Crippen molar-refractivity contribution in [3.63, 3.8) is 0 Å². The van der Waals surface area contributed by atoms with E-state index in [1.165, 1.54) is 31.6 Å². The molecule has 2 aromatic carbocycles. The van der Waals surface area contributed by atoms with Gasteiger partial charge in [0.25, 0.3) is 5.91 Å². The third kappa shape index (κ3) is 4.41. The fraction of sp³-hybridized carbons (Fsp3) is 0.333. The van der Waals surface area contributed by atoms with Crippen LogP contribution in [0.25, 0.3) is 11.0 Å². The molecule has 1 atom stereocenters. The summed E-state index contributed by atoms with van der Waals surface area (Å²) in [7, 11) is 1.51. The van der Waals surface area contributed by atoms with Gasteiger partial charge in [-0.3, -0.25) is 4.79 Å². The lowest BCUT2D eigenvalue weighted by Crippen LogP contribution is -2.26. The van der Waals surface area contributed by atoms with Gasteiger partial charge in [0, 0.05) is 17.1 Å². The third-order valence-corrected chi connectivity index (χ3v) is 5.46. The average Bonchev–Trinajstić information content (AvgIpc) is 2.80. The summed E-state index contributed by atoms with van der Waals surface area (Å²) in [6.07, 6.45) is 3.53. The molecule has 1 aliphatic heterocycles. The monoisotopic (exact) mass is 422 g/mol. The van der Waals surface area contributed by atoms with Crippen LogP contribution in [0.5, 0.6) is 11.5 Å². The van der Waals surface area contributed by atoms with E-state index >= 15 is 0 Å². The third-order valence-electron chi connectivity index (χ3n) is 5.46. The number of ether oxygens (including phenoxy) is 2. The average molecular weight is 422 g/mol. The van der Waals surface area contributed by atoms with Crippen LogP contribution < -0.4 is 25.7 Å². The Morgan fingerprint density at radius 2 is 2.00 bits per heavy atom. The molecule has 1 fully saturated rings. The molecule has 0 aliphatic carbocycles. The molecule has 7 heteroatoms. The summed E-state index contributed by atoms with van der Waals surface area (Å²) in [5.74, 6) is 0.286. The largest absolute Gasteiger partial charge is 0.493 e. The zero-order valence-corrected chi connectivity index (χ0v) is 17.7. The van der Waals surface area contributed by atoms with Crippen LogP contribution in [0.4, 0.5) is 5.69 Å². The molecule has 162 valence electrons. The maximum atomic E-state index is 12.8. The van der Waals surface area contributed by atoms with E-state index in [0.29, 0.717) is 35.2 Å². The van der Waals surface area contributed by atoms with Crippen LogP contribution in [0.2, 0.25) is 0 Å². The number of anilines is 1. The minimum absolute atomic E-state index is 0.0712. The Morgan fingerprint density at radius 3 is 2.68 bits per heavy atom. The van der Waals surface area contributed by atoms with Crippen LogP contribution >= 0.6 is 0 Å². The molecule has 1 saturated heterocycles. The van der Waals surface area contributed by atoms with Crippen LogP contribution in [0.3, 0.4) is 0 Å². The number of rotatable bonds is 6. The van der Waals surface area contributed by atoms with E-state index in [-0.39, 0.29) is 11.1 Å². The van der Waals surface area contributed by atoms with E-state index in [4.69, 9.17) is 13.9 Å². The molecular formula is C24H26N2O5. The van der Waals surface area contributed by atoms with Crippen molar-refractivity contribution >= 4 is 22.6 Å². The number of hydrogen-bond acceptors (Lipinski definition) is 6. The highest BCUT2D eigenvalue weighted by Gasteiger charge is 2.19. The van der Waals surface area contributed by atoms with E-state index in [1.54, 1.807) is 12.1 Å². The summed E-state index contributed by atoms with van der Waals surface area (Å²) in [6, 6.07) is 13.0. The molecule has 4 rings (SSSR count). The topological polar surface area (TPSA) is 89.8 Å². The first-order valence-electron chi connectivity index (χ1n) is 10.5. The Morgan fingerprint density at radius 1 is 1.19 bits per heavy atom. The van der Waals surface area contributed by atoms with Gasteiger partial charge in [-0.2, -0.15) is 0 Å². The summed E-state index contributed by atoms with van der Waals surface area (Å²) in [4.78, 5) is 25.3. The molecule has 2 heterocycles. The second-order valence-electron chi connectivity index (χ2n) is 7.47. The maximum Gasteiger partial charge on any atom is 0.349 e. The number of fused-ring (bicyclic) bond motifs is 1. The molecule has 1 unspecified atom stereocenters. The number of carbonyl (C=O) groups is 1. The van der Waals surface area contributed by atoms with Crippen molar-refractivity contribution in [1.82, 2.24) is 5.32 Å². The molecule has 31 heavy (non-hydrogen) atoms. The first kappa shape index (κ1) is 20.9. The predicted octanol–water partition coefficient (Wildman–Crippen LogP) is 4.27. The number of piperidine rings is 1. The van der Waals surface area contributed by atoms with E-state index in [9.17, 15) is 9.59 Å². The Labute approximate surface area is 180 Å². The molecule has 0 radical (unpaired) electrons. The maximum absolute atomic E-state index is 12.8. The van der Waals surface area contributed by atoms with Crippen LogP contribution in [0.1, 0.15) is 48.1 Å². The number of methoxy groups -OCH3 is 1. The lowest BCUT2D eigenvalue weighted by atomic mass is 9.97. The van der Waals surface area contributed by atoms with Crippen LogP contribution in [-0.2, 0) is 0 Å². The van der Waals surface area contributed by atoms with E-state index in [1.807, 2.05) is 31.2 Å². The molecular weight excluding hydrogens is 396 g/mol. The highest BCUT2D eigenvalue weighted by molar-refractivity contribution is 6.05. The Balaban J connectivity index is 1.57. The zero-order chi connectivity index (χ0) is 21.8. The Bertz CT molecular complexity index is 1130. The highest BCUT2D eigenvalue weighted by atomic mass is 16.5. The summed E-state index contributed by atoms with van der Waals surface area (Å²) >= 11 is 0. The second kappa shape index (κ2) is 9.22. The van der Waals surface area contributed by atoms with Gasteiger partial charge < -0.3 is 24.5 Å². The van der Waals surface area contributed by atoms with E-state index in [0.717, 1.165) is 13.0 Å². The molecule has 1 amide bonds. The van der Waals surface area contributed by atoms with Gasteiger partial charge in [0.05, 0.1) is 13.7 Å². The quantitative estimate of drug-likeness (QED) is 0.577. The molecule has 0 bridgehead atoms. The molecule has 7 nitrogen and oxygen atoms in total. The lowest BCUT2D eigenvalue weighted by molar-refractivity contribution is 0.102. The summed E-state index contributed by atoms with van der Waals surface area (Å²) < 4.78 is 16.3. The fourth-order valence-corrected chi connectivity index (χ4v) is 3.87. The normalized spacial score (nSPS) is 16.1. The van der Waals surface area contributed by atoms with Gasteiger partial charge in [0.1, 0.15) is 5.56 Å². The first-order valence-corrected chi connectivity index (χ1v) is 10.5. The highest BCUT2D eigenvalue weighted by Crippen LogP contribution is 2.35. The van der Waals surface area contributed by atoms with Gasteiger partial charge in [0.15, 0.2) is 11.3 Å². The molecule has 1 aliphatic rings. The zero-order valence-electron chi connectivity index (χ0n) is 17.7. The molecule has 2 N–H and O–H groups in total. The summed E-state index contributed by atoms with van der Waals surface area (Å²) in [5.41, 5.74) is 1.27. The van der Waals surface area contributed by atoms with Crippen molar-refractivity contribution in [1.29, 1.82) is 0 Å². The standard InChI is InChI=1S/C24H26N2O5/c1-3-30-22-20(29-2)12-9-16-14-18(24(28)31-21(16)22)23(27)26-17-10-7-15(8-11-17)19-6-4-5-13-25-19/h7-12,14,19,25H,3-6,13H2,1-2H3,(H,26,27). The Kier molecular flexibility index (Phi) is 6.23. The number of carbonyl (C=O) groups excluding carboxylic acids is 1. The molecule has 3 aromatic rings. The molecule has 0 saturated carbocycles. The van der Waals surface area contributed by atoms with Crippen molar-refractivity contribution < 1.29 is 18.7 Å². The summed E-state index contributed by atoms with van der Waals surface area (Å²) in [5, 5.41) is 6.86. The van der Waals surface area contributed by atoms with Crippen LogP contribution in [0.15, 0.2) is 51.7 Å². The number of amides is 1. The van der Waals surface area contributed by atoms with Crippen molar-refractivity contribution in [2.75, 3.05) is 25.6 Å². The second-order valence-corrected chi connectivity index (χ2v) is 7.47. The number of nitrogens with one attached hydrogen (secondary N) is 2. The van der Waals surface area contributed by atoms with E-state index in [2.05, 4.69) is 10.6 Å².